The van der Waals surface area contributed by atoms with Crippen molar-refractivity contribution in [1.29, 1.82) is 0 Å². The monoisotopic (exact) mass is 176 g/mol. The Morgan fingerprint density at radius 1 is 1.31 bits per heavy atom. The molecule has 0 saturated carbocycles. The van der Waals surface area contributed by atoms with Crippen molar-refractivity contribution in [3.8, 4) is 0 Å². The van der Waals surface area contributed by atoms with Crippen molar-refractivity contribution in [2.75, 3.05) is 0 Å². The minimum Gasteiger partial charge on any atom is -0.423 e. The highest BCUT2D eigenvalue weighted by atomic mass is 16.4. The van der Waals surface area contributed by atoms with Crippen LogP contribution in [0.25, 0.3) is 12.2 Å². The molecule has 13 heavy (non-hydrogen) atoms. The summed E-state index contributed by atoms with van der Waals surface area (Å²) in [6.07, 6.45) is 7.40. The summed E-state index contributed by atoms with van der Waals surface area (Å²) in [4.78, 5) is 10.9. The van der Waals surface area contributed by atoms with Crippen LogP contribution in [0.3, 0.4) is 0 Å². The molecule has 0 bridgehead atoms. The van der Waals surface area contributed by atoms with Crippen LogP contribution in [0.15, 0.2) is 33.5 Å². The summed E-state index contributed by atoms with van der Waals surface area (Å²) in [5, 5.41) is 0.928. The van der Waals surface area contributed by atoms with Gasteiger partial charge >= 0.3 is 5.63 Å². The quantitative estimate of drug-likeness (QED) is 0.633. The van der Waals surface area contributed by atoms with Crippen molar-refractivity contribution in [1.82, 2.24) is 0 Å². The third kappa shape index (κ3) is 2.44. The van der Waals surface area contributed by atoms with Gasteiger partial charge in [0.05, 0.1) is 0 Å². The molecule has 0 spiro atoms. The molecule has 68 valence electrons. The first-order valence-electron chi connectivity index (χ1n) is 4.17. The fraction of sp³-hybridized carbons (Fsp3) is 0.182. The zero-order chi connectivity index (χ0) is 9.68. The minimum absolute atomic E-state index is 0.318. The SMILES string of the molecule is C/C=c1/ccc(=O)o/c1=C/C=C/C. The molecule has 0 unspecified atom stereocenters. The average Bonchev–Trinajstić information content (AvgIpc) is 2.15. The van der Waals surface area contributed by atoms with E-state index in [1.165, 1.54) is 6.07 Å². The van der Waals surface area contributed by atoms with E-state index in [0.717, 1.165) is 5.22 Å². The van der Waals surface area contributed by atoms with Gasteiger partial charge in [0, 0.05) is 11.3 Å². The smallest absolute Gasteiger partial charge is 0.336 e. The van der Waals surface area contributed by atoms with Crippen LogP contribution >= 0.6 is 0 Å². The molecule has 2 heteroatoms. The molecular weight excluding hydrogens is 164 g/mol. The van der Waals surface area contributed by atoms with Gasteiger partial charge in [-0.3, -0.25) is 0 Å². The summed E-state index contributed by atoms with van der Waals surface area (Å²) < 4.78 is 5.01. The summed E-state index contributed by atoms with van der Waals surface area (Å²) >= 11 is 0. The lowest BCUT2D eigenvalue weighted by Crippen LogP contribution is -2.27. The number of rotatable bonds is 1. The van der Waals surface area contributed by atoms with Crippen molar-refractivity contribution >= 4 is 12.2 Å². The van der Waals surface area contributed by atoms with Gasteiger partial charge in [-0.25, -0.2) is 4.79 Å². The standard InChI is InChI=1S/C11H12O2/c1-3-5-6-10-9(4-2)7-8-11(12)13-10/h3-8H,1-2H3/b5-3+,9-4-,10-6+. The number of allylic oxidation sites excluding steroid dienone is 2. The average molecular weight is 176 g/mol. The van der Waals surface area contributed by atoms with Gasteiger partial charge in [-0.05, 0) is 26.0 Å². The van der Waals surface area contributed by atoms with E-state index < -0.39 is 0 Å². The van der Waals surface area contributed by atoms with Gasteiger partial charge in [0.2, 0.25) is 0 Å². The lowest BCUT2D eigenvalue weighted by atomic mass is 10.3. The van der Waals surface area contributed by atoms with Gasteiger partial charge in [-0.1, -0.05) is 18.2 Å². The fourth-order valence-corrected chi connectivity index (χ4v) is 0.994. The second kappa shape index (κ2) is 4.45. The van der Waals surface area contributed by atoms with Gasteiger partial charge in [-0.15, -0.1) is 0 Å². The molecule has 0 amide bonds. The highest BCUT2D eigenvalue weighted by Crippen LogP contribution is 1.71. The highest BCUT2D eigenvalue weighted by Gasteiger charge is 1.86. The van der Waals surface area contributed by atoms with Crippen molar-refractivity contribution in [3.63, 3.8) is 0 Å². The normalized spacial score (nSPS) is 14.3. The van der Waals surface area contributed by atoms with Crippen LogP contribution in [0.4, 0.5) is 0 Å². The maximum atomic E-state index is 10.9. The lowest BCUT2D eigenvalue weighted by Gasteiger charge is -1.86. The summed E-state index contributed by atoms with van der Waals surface area (Å²) in [7, 11) is 0. The third-order valence-corrected chi connectivity index (χ3v) is 1.65. The van der Waals surface area contributed by atoms with Crippen LogP contribution in [0, 0.1) is 0 Å². The molecule has 0 saturated heterocycles. The molecule has 0 aromatic carbocycles. The summed E-state index contributed by atoms with van der Waals surface area (Å²) in [5.74, 6) is 0. The maximum Gasteiger partial charge on any atom is 0.336 e. The largest absolute Gasteiger partial charge is 0.423 e. The van der Waals surface area contributed by atoms with Crippen LogP contribution in [-0.2, 0) is 0 Å². The molecule has 0 fully saturated rings. The Bertz CT molecular complexity index is 464. The van der Waals surface area contributed by atoms with E-state index in [0.29, 0.717) is 5.42 Å². The van der Waals surface area contributed by atoms with Gasteiger partial charge in [0.15, 0.2) is 0 Å². The van der Waals surface area contributed by atoms with E-state index in [2.05, 4.69) is 0 Å². The van der Waals surface area contributed by atoms with Crippen LogP contribution in [-0.4, -0.2) is 0 Å². The van der Waals surface area contributed by atoms with Crippen LogP contribution < -0.4 is 16.3 Å². The van der Waals surface area contributed by atoms with E-state index in [1.807, 2.05) is 32.1 Å². The molecule has 2 nitrogen and oxygen atoms in total. The Labute approximate surface area is 76.5 Å². The Hall–Kier alpha value is -1.57. The molecule has 0 aliphatic rings. The predicted molar refractivity (Wildman–Crippen MR) is 53.6 cm³/mol. The van der Waals surface area contributed by atoms with Crippen molar-refractivity contribution in [3.05, 3.63) is 45.3 Å². The second-order valence-electron chi connectivity index (χ2n) is 2.56. The first-order chi connectivity index (χ1) is 6.27. The van der Waals surface area contributed by atoms with E-state index in [4.69, 9.17) is 4.42 Å². The molecule has 0 atom stereocenters. The Balaban J connectivity index is 3.51. The van der Waals surface area contributed by atoms with Crippen LogP contribution in [0.2, 0.25) is 0 Å². The van der Waals surface area contributed by atoms with Crippen molar-refractivity contribution in [2.45, 2.75) is 13.8 Å². The molecule has 0 N–H and O–H groups in total. The zero-order valence-electron chi connectivity index (χ0n) is 7.78. The van der Waals surface area contributed by atoms with Gasteiger partial charge < -0.3 is 4.42 Å². The van der Waals surface area contributed by atoms with Gasteiger partial charge in [0.1, 0.15) is 5.42 Å². The molecule has 1 aromatic heterocycles. The van der Waals surface area contributed by atoms with E-state index in [-0.39, 0.29) is 5.63 Å². The summed E-state index contributed by atoms with van der Waals surface area (Å²) in [6, 6.07) is 3.17. The third-order valence-electron chi connectivity index (χ3n) is 1.65. The predicted octanol–water partition coefficient (Wildman–Crippen LogP) is 0.797. The molecule has 1 aromatic rings. The summed E-state index contributed by atoms with van der Waals surface area (Å²) in [5.41, 5.74) is 0.287. The molecule has 1 heterocycles. The Morgan fingerprint density at radius 2 is 2.08 bits per heavy atom. The molecule has 0 aliphatic carbocycles. The zero-order valence-corrected chi connectivity index (χ0v) is 7.78. The Kier molecular flexibility index (Phi) is 3.26. The highest BCUT2D eigenvalue weighted by molar-refractivity contribution is 5.35. The van der Waals surface area contributed by atoms with Crippen molar-refractivity contribution in [2.24, 2.45) is 0 Å². The molecular formula is C11H12O2. The topological polar surface area (TPSA) is 30.2 Å². The van der Waals surface area contributed by atoms with E-state index in [1.54, 1.807) is 12.1 Å². The van der Waals surface area contributed by atoms with Gasteiger partial charge in [-0.2, -0.15) is 0 Å². The first kappa shape index (κ1) is 9.52. The van der Waals surface area contributed by atoms with Crippen LogP contribution in [0.1, 0.15) is 13.8 Å². The number of hydrogen-bond acceptors (Lipinski definition) is 2. The fourth-order valence-electron chi connectivity index (χ4n) is 0.994. The van der Waals surface area contributed by atoms with Gasteiger partial charge in [0.25, 0.3) is 0 Å². The Morgan fingerprint density at radius 3 is 2.69 bits per heavy atom. The molecule has 0 aliphatic heterocycles. The van der Waals surface area contributed by atoms with E-state index in [9.17, 15) is 4.79 Å². The van der Waals surface area contributed by atoms with E-state index >= 15 is 0 Å². The van der Waals surface area contributed by atoms with Crippen molar-refractivity contribution < 1.29 is 4.42 Å². The first-order valence-corrected chi connectivity index (χ1v) is 4.17. The summed E-state index contributed by atoms with van der Waals surface area (Å²) in [6.45, 7) is 3.81. The molecule has 0 radical (unpaired) electrons. The van der Waals surface area contributed by atoms with Crippen LogP contribution in [0.5, 0.6) is 0 Å². The lowest BCUT2D eigenvalue weighted by molar-refractivity contribution is 0.473. The second-order valence-corrected chi connectivity index (χ2v) is 2.56. The minimum atomic E-state index is -0.318. The number of hydrogen-bond donors (Lipinski definition) is 0. The maximum absolute atomic E-state index is 10.9. The molecule has 1 rings (SSSR count).